The molecule has 0 heterocycles. The predicted octanol–water partition coefficient (Wildman–Crippen LogP) is 2.78. The minimum Gasteiger partial charge on any atom is -0.478 e. The first kappa shape index (κ1) is 14.4. The molecule has 0 fully saturated rings. The molecule has 0 bridgehead atoms. The lowest BCUT2D eigenvalue weighted by Gasteiger charge is -2.26. The number of hydrogen-bond donors (Lipinski definition) is 1. The van der Waals surface area contributed by atoms with Crippen LogP contribution in [0.2, 0.25) is 12.1 Å². The normalized spacial score (nSPS) is 12.9. The van der Waals surface area contributed by atoms with Crippen LogP contribution in [0.15, 0.2) is 11.6 Å². The van der Waals surface area contributed by atoms with E-state index in [2.05, 4.69) is 19.9 Å². The average molecular weight is 229 g/mol. The Morgan fingerprint density at radius 1 is 1.40 bits per heavy atom. The molecule has 0 atom stereocenters. The van der Waals surface area contributed by atoms with E-state index < -0.39 is 14.3 Å². The Morgan fingerprint density at radius 2 is 1.93 bits per heavy atom. The summed E-state index contributed by atoms with van der Waals surface area (Å²) in [7, 11) is 0.0719. The molecular formula is C11H21O3Si. The molecule has 0 aromatic carbocycles. The first-order chi connectivity index (χ1) is 7.01. The molecule has 0 aliphatic heterocycles. The van der Waals surface area contributed by atoms with E-state index in [1.165, 1.54) is 0 Å². The van der Waals surface area contributed by atoms with Crippen LogP contribution in [0.25, 0.3) is 0 Å². The van der Waals surface area contributed by atoms with Crippen LogP contribution < -0.4 is 0 Å². The Kier molecular flexibility index (Phi) is 6.52. The maximum Gasteiger partial charge on any atom is 0.330 e. The average Bonchev–Trinajstić information content (AvgIpc) is 2.24. The van der Waals surface area contributed by atoms with Gasteiger partial charge in [-0.05, 0) is 31.5 Å². The Bertz CT molecular complexity index is 224. The molecule has 0 rings (SSSR count). The van der Waals surface area contributed by atoms with Crippen molar-refractivity contribution in [3.05, 3.63) is 17.7 Å². The molecule has 1 N–H and O–H groups in total. The van der Waals surface area contributed by atoms with E-state index in [0.29, 0.717) is 12.0 Å². The van der Waals surface area contributed by atoms with Gasteiger partial charge in [0.05, 0.1) is 0 Å². The van der Waals surface area contributed by atoms with Gasteiger partial charge in [-0.1, -0.05) is 19.9 Å². The number of allylic oxidation sites excluding steroid dienone is 1. The highest BCUT2D eigenvalue weighted by Crippen LogP contribution is 2.21. The predicted molar refractivity (Wildman–Crippen MR) is 64.0 cm³/mol. The molecule has 0 aliphatic carbocycles. The summed E-state index contributed by atoms with van der Waals surface area (Å²) >= 11 is 0. The summed E-state index contributed by atoms with van der Waals surface area (Å²) in [5, 5.41) is 8.68. The lowest BCUT2D eigenvalue weighted by Crippen LogP contribution is -2.36. The van der Waals surface area contributed by atoms with Gasteiger partial charge >= 0.3 is 5.97 Å². The van der Waals surface area contributed by atoms with Crippen molar-refractivity contribution in [2.45, 2.75) is 39.3 Å². The summed E-state index contributed by atoms with van der Waals surface area (Å²) in [4.78, 5) is 10.6. The zero-order valence-electron chi connectivity index (χ0n) is 10.0. The van der Waals surface area contributed by atoms with E-state index in [-0.39, 0.29) is 0 Å². The van der Waals surface area contributed by atoms with Gasteiger partial charge in [0, 0.05) is 12.7 Å². The van der Waals surface area contributed by atoms with Crippen LogP contribution in [-0.4, -0.2) is 26.5 Å². The molecule has 1 radical (unpaired) electrons. The molecule has 0 unspecified atom stereocenters. The first-order valence-corrected chi connectivity index (χ1v) is 7.71. The second-order valence-electron chi connectivity index (χ2n) is 3.61. The first-order valence-electron chi connectivity index (χ1n) is 5.31. The molecule has 3 nitrogen and oxygen atoms in total. The van der Waals surface area contributed by atoms with Crippen molar-refractivity contribution in [3.8, 4) is 0 Å². The van der Waals surface area contributed by atoms with Crippen molar-refractivity contribution < 1.29 is 14.3 Å². The highest BCUT2D eigenvalue weighted by atomic mass is 28.4. The SMILES string of the molecule is CC[Si]([CH]CC=C(C)C(=O)O)(CC)OC. The number of rotatable bonds is 7. The fourth-order valence-electron chi connectivity index (χ4n) is 1.45. The van der Waals surface area contributed by atoms with Crippen LogP contribution >= 0.6 is 0 Å². The third-order valence-electron chi connectivity index (χ3n) is 2.85. The number of carboxylic acid groups (broad SMARTS) is 1. The lowest BCUT2D eigenvalue weighted by atomic mass is 10.2. The molecule has 0 saturated heterocycles. The van der Waals surface area contributed by atoms with Gasteiger partial charge in [0.1, 0.15) is 0 Å². The molecular weight excluding hydrogens is 208 g/mol. The van der Waals surface area contributed by atoms with Crippen LogP contribution in [0.3, 0.4) is 0 Å². The van der Waals surface area contributed by atoms with Crippen LogP contribution in [0.1, 0.15) is 27.2 Å². The summed E-state index contributed by atoms with van der Waals surface area (Å²) in [6, 6.07) is 4.26. The van der Waals surface area contributed by atoms with Crippen molar-refractivity contribution in [3.63, 3.8) is 0 Å². The Morgan fingerprint density at radius 3 is 2.27 bits per heavy atom. The molecule has 4 heteroatoms. The molecule has 0 amide bonds. The summed E-state index contributed by atoms with van der Waals surface area (Å²) in [6.07, 6.45) is 2.44. The topological polar surface area (TPSA) is 46.5 Å². The summed E-state index contributed by atoms with van der Waals surface area (Å²) < 4.78 is 5.59. The third-order valence-corrected chi connectivity index (χ3v) is 7.04. The zero-order chi connectivity index (χ0) is 11.9. The van der Waals surface area contributed by atoms with Crippen molar-refractivity contribution in [1.29, 1.82) is 0 Å². The van der Waals surface area contributed by atoms with Crippen molar-refractivity contribution in [2.75, 3.05) is 7.11 Å². The summed E-state index contributed by atoms with van der Waals surface area (Å²) in [6.45, 7) is 5.87. The third kappa shape index (κ3) is 4.62. The van der Waals surface area contributed by atoms with Crippen LogP contribution in [0, 0.1) is 6.04 Å². The quantitative estimate of drug-likeness (QED) is 0.539. The number of hydrogen-bond acceptors (Lipinski definition) is 2. The van der Waals surface area contributed by atoms with Gasteiger partial charge in [-0.15, -0.1) is 0 Å². The van der Waals surface area contributed by atoms with Gasteiger partial charge in [-0.3, -0.25) is 0 Å². The van der Waals surface area contributed by atoms with Gasteiger partial charge in [0.2, 0.25) is 0 Å². The number of aliphatic carboxylic acids is 1. The van der Waals surface area contributed by atoms with Gasteiger partial charge in [-0.25, -0.2) is 4.79 Å². The van der Waals surface area contributed by atoms with Crippen LogP contribution in [0.4, 0.5) is 0 Å². The van der Waals surface area contributed by atoms with E-state index >= 15 is 0 Å². The van der Waals surface area contributed by atoms with Gasteiger partial charge < -0.3 is 9.53 Å². The molecule has 0 spiro atoms. The fourth-order valence-corrected chi connectivity index (χ4v) is 3.82. The van der Waals surface area contributed by atoms with Crippen LogP contribution in [0.5, 0.6) is 0 Å². The number of carbonyl (C=O) groups is 1. The molecule has 0 aliphatic rings. The summed E-state index contributed by atoms with van der Waals surface area (Å²) in [5.41, 5.74) is 0.400. The Labute approximate surface area is 93.3 Å². The number of carboxylic acids is 1. The van der Waals surface area contributed by atoms with Gasteiger partial charge in [-0.2, -0.15) is 0 Å². The Hall–Kier alpha value is -0.613. The van der Waals surface area contributed by atoms with E-state index in [1.54, 1.807) is 20.1 Å². The minimum atomic E-state index is -1.68. The summed E-state index contributed by atoms with van der Waals surface area (Å²) in [5.74, 6) is -0.846. The Balaban J connectivity index is 4.23. The molecule has 87 valence electrons. The standard InChI is InChI=1S/C11H21O3Si/c1-5-15(6-2,14-4)9-7-8-10(3)11(12)13/h8-9H,5-7H2,1-4H3,(H,12,13). The minimum absolute atomic E-state index is 0.400. The van der Waals surface area contributed by atoms with E-state index in [9.17, 15) is 4.79 Å². The van der Waals surface area contributed by atoms with E-state index in [0.717, 1.165) is 12.1 Å². The molecule has 0 saturated carbocycles. The zero-order valence-corrected chi connectivity index (χ0v) is 11.0. The fraction of sp³-hybridized carbons (Fsp3) is 0.636. The van der Waals surface area contributed by atoms with E-state index in [1.807, 2.05) is 0 Å². The highest BCUT2D eigenvalue weighted by Gasteiger charge is 2.28. The van der Waals surface area contributed by atoms with Crippen molar-refractivity contribution in [2.24, 2.45) is 0 Å². The second-order valence-corrected chi connectivity index (χ2v) is 7.97. The van der Waals surface area contributed by atoms with E-state index in [4.69, 9.17) is 9.53 Å². The maximum atomic E-state index is 10.6. The maximum absolute atomic E-state index is 10.6. The monoisotopic (exact) mass is 229 g/mol. The van der Waals surface area contributed by atoms with Crippen LogP contribution in [-0.2, 0) is 9.22 Å². The largest absolute Gasteiger partial charge is 0.478 e. The second kappa shape index (κ2) is 6.79. The lowest BCUT2D eigenvalue weighted by molar-refractivity contribution is -0.132. The van der Waals surface area contributed by atoms with Crippen molar-refractivity contribution >= 4 is 14.3 Å². The molecule has 0 aromatic rings. The highest BCUT2D eigenvalue weighted by molar-refractivity contribution is 6.77. The van der Waals surface area contributed by atoms with Gasteiger partial charge in [0.15, 0.2) is 8.32 Å². The van der Waals surface area contributed by atoms with Gasteiger partial charge in [0.25, 0.3) is 0 Å². The molecule has 15 heavy (non-hydrogen) atoms. The molecule has 0 aromatic heterocycles. The van der Waals surface area contributed by atoms with Crippen molar-refractivity contribution in [1.82, 2.24) is 0 Å². The smallest absolute Gasteiger partial charge is 0.330 e.